The lowest BCUT2D eigenvalue weighted by Crippen LogP contribution is -2.28. The van der Waals surface area contributed by atoms with Crippen molar-refractivity contribution in [3.05, 3.63) is 57.0 Å². The van der Waals surface area contributed by atoms with Crippen LogP contribution in [0, 0.1) is 13.8 Å². The normalized spacial score (nSPS) is 11.3. The van der Waals surface area contributed by atoms with E-state index in [1.807, 2.05) is 19.1 Å². The lowest BCUT2D eigenvalue weighted by atomic mass is 10.1. The molecule has 0 radical (unpaired) electrons. The van der Waals surface area contributed by atoms with Crippen molar-refractivity contribution in [2.75, 3.05) is 13.6 Å². The van der Waals surface area contributed by atoms with Crippen LogP contribution in [-0.2, 0) is 12.8 Å². The first kappa shape index (κ1) is 19.4. The number of amides is 1. The third-order valence-electron chi connectivity index (χ3n) is 5.07. The van der Waals surface area contributed by atoms with Crippen LogP contribution < -0.4 is 0 Å². The van der Waals surface area contributed by atoms with Gasteiger partial charge in [0.2, 0.25) is 0 Å². The molecule has 0 bridgehead atoms. The van der Waals surface area contributed by atoms with E-state index in [1.165, 1.54) is 27.8 Å². The molecular formula is C22H24N4O2S. The number of carbonyl (C=O) groups excluding carboxylic acids is 1. The average Bonchev–Trinajstić information content (AvgIpc) is 3.42. The summed E-state index contributed by atoms with van der Waals surface area (Å²) in [5.41, 5.74) is 4.35. The molecule has 7 heteroatoms. The summed E-state index contributed by atoms with van der Waals surface area (Å²) in [6.45, 7) is 6.74. The van der Waals surface area contributed by atoms with Gasteiger partial charge in [0, 0.05) is 35.8 Å². The number of benzene rings is 1. The lowest BCUT2D eigenvalue weighted by Gasteiger charge is -2.14. The molecule has 3 aromatic heterocycles. The standard InChI is InChI=1S/C22H24N4O2S/c1-5-15-16-12-13(2)6-8-17(16)23-20(15)21-24-19(25-28-21)10-11-26(4)22(27)18-9-7-14(3)29-18/h6-9,12,23H,5,10-11H2,1-4H3. The van der Waals surface area contributed by atoms with E-state index in [4.69, 9.17) is 4.52 Å². The van der Waals surface area contributed by atoms with Crippen LogP contribution in [0.5, 0.6) is 0 Å². The highest BCUT2D eigenvalue weighted by atomic mass is 32.1. The molecule has 6 nitrogen and oxygen atoms in total. The van der Waals surface area contributed by atoms with Crippen LogP contribution in [0.1, 0.15) is 38.4 Å². The molecule has 4 aromatic rings. The molecule has 0 saturated heterocycles. The first-order valence-electron chi connectivity index (χ1n) is 9.72. The van der Waals surface area contributed by atoms with Gasteiger partial charge in [-0.2, -0.15) is 4.98 Å². The van der Waals surface area contributed by atoms with Crippen LogP contribution in [0.3, 0.4) is 0 Å². The maximum Gasteiger partial charge on any atom is 0.274 e. The smallest absolute Gasteiger partial charge is 0.274 e. The summed E-state index contributed by atoms with van der Waals surface area (Å²) in [6, 6.07) is 10.2. The van der Waals surface area contributed by atoms with Gasteiger partial charge in [-0.05, 0) is 50.1 Å². The molecular weight excluding hydrogens is 384 g/mol. The molecule has 1 N–H and O–H groups in total. The summed E-state index contributed by atoms with van der Waals surface area (Å²) < 4.78 is 5.54. The zero-order valence-corrected chi connectivity index (χ0v) is 17.9. The van der Waals surface area contributed by atoms with Gasteiger partial charge in [-0.3, -0.25) is 4.79 Å². The maximum absolute atomic E-state index is 12.5. The second kappa shape index (κ2) is 7.83. The van der Waals surface area contributed by atoms with E-state index in [0.717, 1.165) is 27.4 Å². The molecule has 3 heterocycles. The van der Waals surface area contributed by atoms with E-state index in [2.05, 4.69) is 47.2 Å². The monoisotopic (exact) mass is 408 g/mol. The van der Waals surface area contributed by atoms with Crippen molar-refractivity contribution in [2.24, 2.45) is 0 Å². The number of thiophene rings is 1. The van der Waals surface area contributed by atoms with E-state index >= 15 is 0 Å². The van der Waals surface area contributed by atoms with Gasteiger partial charge in [0.05, 0.1) is 4.88 Å². The molecule has 0 saturated carbocycles. The number of nitrogens with one attached hydrogen (secondary N) is 1. The Balaban J connectivity index is 1.50. The Hall–Kier alpha value is -2.93. The van der Waals surface area contributed by atoms with Crippen molar-refractivity contribution >= 4 is 28.1 Å². The summed E-state index contributed by atoms with van der Waals surface area (Å²) in [6.07, 6.45) is 1.41. The highest BCUT2D eigenvalue weighted by Gasteiger charge is 2.19. The van der Waals surface area contributed by atoms with Crippen molar-refractivity contribution in [1.29, 1.82) is 0 Å². The van der Waals surface area contributed by atoms with E-state index in [0.29, 0.717) is 24.7 Å². The van der Waals surface area contributed by atoms with Crippen molar-refractivity contribution in [3.63, 3.8) is 0 Å². The molecule has 0 aliphatic heterocycles. The fourth-order valence-electron chi connectivity index (χ4n) is 3.48. The predicted molar refractivity (Wildman–Crippen MR) is 115 cm³/mol. The molecule has 0 aliphatic carbocycles. The van der Waals surface area contributed by atoms with Gasteiger partial charge in [-0.25, -0.2) is 0 Å². The quantitative estimate of drug-likeness (QED) is 0.498. The molecule has 0 atom stereocenters. The number of likely N-dealkylation sites (N-methyl/N-ethyl adjacent to an activating group) is 1. The lowest BCUT2D eigenvalue weighted by molar-refractivity contribution is 0.0800. The minimum Gasteiger partial charge on any atom is -0.350 e. The van der Waals surface area contributed by atoms with Gasteiger partial charge in [-0.15, -0.1) is 11.3 Å². The number of rotatable bonds is 6. The molecule has 1 amide bonds. The average molecular weight is 409 g/mol. The van der Waals surface area contributed by atoms with E-state index in [9.17, 15) is 4.79 Å². The minimum atomic E-state index is 0.0195. The zero-order valence-electron chi connectivity index (χ0n) is 17.1. The van der Waals surface area contributed by atoms with Crippen molar-refractivity contribution < 1.29 is 9.32 Å². The number of hydrogen-bond donors (Lipinski definition) is 1. The molecule has 150 valence electrons. The molecule has 29 heavy (non-hydrogen) atoms. The van der Waals surface area contributed by atoms with Crippen molar-refractivity contribution in [1.82, 2.24) is 20.0 Å². The van der Waals surface area contributed by atoms with Gasteiger partial charge in [0.25, 0.3) is 11.8 Å². The summed E-state index contributed by atoms with van der Waals surface area (Å²) in [7, 11) is 1.80. The van der Waals surface area contributed by atoms with Gasteiger partial charge < -0.3 is 14.4 Å². The summed E-state index contributed by atoms with van der Waals surface area (Å²) in [4.78, 5) is 24.1. The summed E-state index contributed by atoms with van der Waals surface area (Å²) >= 11 is 1.51. The first-order valence-corrected chi connectivity index (χ1v) is 10.5. The molecule has 0 unspecified atom stereocenters. The fraction of sp³-hybridized carbons (Fsp3) is 0.318. The molecule has 0 spiro atoms. The Bertz CT molecular complexity index is 1170. The molecule has 0 aliphatic rings. The third-order valence-corrected chi connectivity index (χ3v) is 6.05. The number of fused-ring (bicyclic) bond motifs is 1. The Labute approximate surface area is 173 Å². The maximum atomic E-state index is 12.5. The number of aryl methyl sites for hydroxylation is 3. The highest BCUT2D eigenvalue weighted by molar-refractivity contribution is 7.13. The number of carbonyl (C=O) groups is 1. The predicted octanol–water partition coefficient (Wildman–Crippen LogP) is 4.77. The Morgan fingerprint density at radius 3 is 2.79 bits per heavy atom. The number of aromatic amines is 1. The SMILES string of the molecule is CCc1c(-c2nc(CCN(C)C(=O)c3ccc(C)s3)no2)[nH]c2ccc(C)cc12. The van der Waals surface area contributed by atoms with Crippen LogP contribution in [0.4, 0.5) is 0 Å². The zero-order chi connectivity index (χ0) is 20.5. The minimum absolute atomic E-state index is 0.0195. The Morgan fingerprint density at radius 2 is 2.07 bits per heavy atom. The van der Waals surface area contributed by atoms with Crippen molar-refractivity contribution in [2.45, 2.75) is 33.6 Å². The largest absolute Gasteiger partial charge is 0.350 e. The van der Waals surface area contributed by atoms with Gasteiger partial charge in [0.15, 0.2) is 5.82 Å². The second-order valence-corrected chi connectivity index (χ2v) is 8.57. The van der Waals surface area contributed by atoms with Crippen LogP contribution >= 0.6 is 11.3 Å². The molecule has 1 aromatic carbocycles. The van der Waals surface area contributed by atoms with E-state index < -0.39 is 0 Å². The number of nitrogens with zero attached hydrogens (tertiary/aromatic N) is 3. The molecule has 0 fully saturated rings. The topological polar surface area (TPSA) is 75.0 Å². The summed E-state index contributed by atoms with van der Waals surface area (Å²) in [5.74, 6) is 1.11. The number of H-pyrrole nitrogens is 1. The first-order chi connectivity index (χ1) is 14.0. The van der Waals surface area contributed by atoms with Crippen LogP contribution in [-0.4, -0.2) is 39.5 Å². The highest BCUT2D eigenvalue weighted by Crippen LogP contribution is 2.30. The van der Waals surface area contributed by atoms with Crippen LogP contribution in [0.2, 0.25) is 0 Å². The summed E-state index contributed by atoms with van der Waals surface area (Å²) in [5, 5.41) is 5.32. The van der Waals surface area contributed by atoms with E-state index in [-0.39, 0.29) is 5.91 Å². The Kier molecular flexibility index (Phi) is 5.24. The number of aromatic nitrogens is 3. The van der Waals surface area contributed by atoms with Crippen molar-refractivity contribution in [3.8, 4) is 11.6 Å². The second-order valence-electron chi connectivity index (χ2n) is 7.28. The third kappa shape index (κ3) is 3.82. The Morgan fingerprint density at radius 1 is 1.24 bits per heavy atom. The van der Waals surface area contributed by atoms with Gasteiger partial charge >= 0.3 is 0 Å². The van der Waals surface area contributed by atoms with Crippen LogP contribution in [0.25, 0.3) is 22.5 Å². The molecule has 4 rings (SSSR count). The van der Waals surface area contributed by atoms with Gasteiger partial charge in [-0.1, -0.05) is 23.7 Å². The van der Waals surface area contributed by atoms with Gasteiger partial charge in [0.1, 0.15) is 5.69 Å². The van der Waals surface area contributed by atoms with E-state index in [1.54, 1.807) is 11.9 Å². The fourth-order valence-corrected chi connectivity index (χ4v) is 4.34. The van der Waals surface area contributed by atoms with Crippen LogP contribution in [0.15, 0.2) is 34.9 Å². The number of hydrogen-bond acceptors (Lipinski definition) is 5.